The molecule has 1 amide bonds. The van der Waals surface area contributed by atoms with E-state index in [1.54, 1.807) is 12.1 Å². The van der Waals surface area contributed by atoms with Crippen LogP contribution in [0.5, 0.6) is 0 Å². The Labute approximate surface area is 195 Å². The average Bonchev–Trinajstić information content (AvgIpc) is 3.03. The van der Waals surface area contributed by atoms with Crippen molar-refractivity contribution in [3.8, 4) is 0 Å². The first kappa shape index (κ1) is 22.1. The molecule has 7 nitrogen and oxygen atoms in total. The quantitative estimate of drug-likeness (QED) is 0.705. The summed E-state index contributed by atoms with van der Waals surface area (Å²) < 4.78 is 12.3. The van der Waals surface area contributed by atoms with Crippen molar-refractivity contribution in [3.63, 3.8) is 0 Å². The summed E-state index contributed by atoms with van der Waals surface area (Å²) in [6, 6.07) is 12.7. The zero-order valence-corrected chi connectivity index (χ0v) is 19.6. The molecule has 33 heavy (non-hydrogen) atoms. The third-order valence-electron chi connectivity index (χ3n) is 7.27. The predicted molar refractivity (Wildman–Crippen MR) is 130 cm³/mol. The minimum Gasteiger partial charge on any atom is -0.399 e. The van der Waals surface area contributed by atoms with E-state index in [0.29, 0.717) is 23.4 Å². The molecule has 5 rings (SSSR count). The molecule has 172 valence electrons. The lowest BCUT2D eigenvalue weighted by atomic mass is 9.79. The Balaban J connectivity index is 1.35. The standard InChI is InChI=1S/C25H30BN3O4/c1-24(2)25(3,4)33-26(32-24)17-7-5-8-18(14-17)28-23(31)16-9-10-19-20(13-16)29-12-6-11-27-15-21(29)22(19)30/h5,7-10,13-14,21,27H,6,11-12,15H2,1-4H3,(H,28,31). The van der Waals surface area contributed by atoms with Crippen LogP contribution in [-0.2, 0) is 9.31 Å². The Morgan fingerprint density at radius 1 is 1.12 bits per heavy atom. The van der Waals surface area contributed by atoms with Crippen molar-refractivity contribution in [3.05, 3.63) is 53.6 Å². The monoisotopic (exact) mass is 447 g/mol. The first-order chi connectivity index (χ1) is 15.7. The van der Waals surface area contributed by atoms with Crippen molar-refractivity contribution in [2.24, 2.45) is 0 Å². The number of hydrogen-bond donors (Lipinski definition) is 2. The summed E-state index contributed by atoms with van der Waals surface area (Å²) >= 11 is 0. The second kappa shape index (κ2) is 7.97. The van der Waals surface area contributed by atoms with Gasteiger partial charge >= 0.3 is 7.12 Å². The number of nitrogens with zero attached hydrogens (tertiary/aromatic N) is 1. The summed E-state index contributed by atoms with van der Waals surface area (Å²) in [5.74, 6) is -0.0887. The molecule has 1 atom stereocenters. The van der Waals surface area contributed by atoms with Crippen molar-refractivity contribution in [2.75, 3.05) is 29.9 Å². The molecule has 2 aromatic carbocycles. The summed E-state index contributed by atoms with van der Waals surface area (Å²) in [5, 5.41) is 6.31. The van der Waals surface area contributed by atoms with E-state index in [4.69, 9.17) is 9.31 Å². The fraction of sp³-hybridized carbons (Fsp3) is 0.440. The number of rotatable bonds is 3. The number of Topliss-reactive ketones (excluding diaryl/α,β-unsaturated/α-hetero) is 1. The van der Waals surface area contributed by atoms with Gasteiger partial charge in [-0.05, 0) is 76.5 Å². The molecule has 1 unspecified atom stereocenters. The number of carbonyl (C=O) groups excluding carboxylic acids is 2. The molecule has 0 aromatic heterocycles. The molecule has 2 fully saturated rings. The highest BCUT2D eigenvalue weighted by molar-refractivity contribution is 6.62. The van der Waals surface area contributed by atoms with Gasteiger partial charge in [0.15, 0.2) is 5.78 Å². The third kappa shape index (κ3) is 3.86. The minimum atomic E-state index is -0.494. The van der Waals surface area contributed by atoms with Gasteiger partial charge in [-0.3, -0.25) is 9.59 Å². The van der Waals surface area contributed by atoms with Crippen molar-refractivity contribution < 1.29 is 18.9 Å². The minimum absolute atomic E-state index is 0.126. The second-order valence-electron chi connectivity index (χ2n) is 10.0. The molecule has 2 aromatic rings. The van der Waals surface area contributed by atoms with Crippen LogP contribution in [-0.4, -0.2) is 55.7 Å². The van der Waals surface area contributed by atoms with Gasteiger partial charge in [0.25, 0.3) is 5.91 Å². The number of ketones is 1. The maximum Gasteiger partial charge on any atom is 0.494 e. The summed E-state index contributed by atoms with van der Waals surface area (Å²) in [5.41, 5.74) is 2.74. The molecule has 3 heterocycles. The second-order valence-corrected chi connectivity index (χ2v) is 10.0. The molecule has 8 heteroatoms. The van der Waals surface area contributed by atoms with Gasteiger partial charge in [-0.2, -0.15) is 0 Å². The van der Waals surface area contributed by atoms with Gasteiger partial charge in [0, 0.05) is 35.6 Å². The molecular formula is C25H30BN3O4. The number of amides is 1. The fourth-order valence-electron chi connectivity index (χ4n) is 4.65. The first-order valence-corrected chi connectivity index (χ1v) is 11.6. The number of hydrogen-bond acceptors (Lipinski definition) is 6. The smallest absolute Gasteiger partial charge is 0.399 e. The van der Waals surface area contributed by atoms with Crippen molar-refractivity contribution in [2.45, 2.75) is 51.4 Å². The maximum atomic E-state index is 13.1. The number of fused-ring (bicyclic) bond motifs is 3. The van der Waals surface area contributed by atoms with Gasteiger partial charge < -0.3 is 24.8 Å². The lowest BCUT2D eigenvalue weighted by molar-refractivity contribution is 0.00578. The van der Waals surface area contributed by atoms with Gasteiger partial charge in [-0.1, -0.05) is 12.1 Å². The van der Waals surface area contributed by atoms with Crippen molar-refractivity contribution >= 4 is 35.6 Å². The molecule has 2 N–H and O–H groups in total. The van der Waals surface area contributed by atoms with Gasteiger partial charge in [-0.25, -0.2) is 0 Å². The lowest BCUT2D eigenvalue weighted by Crippen LogP contribution is -2.41. The Kier molecular flexibility index (Phi) is 5.35. The van der Waals surface area contributed by atoms with Gasteiger partial charge in [-0.15, -0.1) is 0 Å². The fourth-order valence-corrected chi connectivity index (χ4v) is 4.65. The normalized spacial score (nSPS) is 23.2. The lowest BCUT2D eigenvalue weighted by Gasteiger charge is -2.32. The largest absolute Gasteiger partial charge is 0.494 e. The number of carbonyl (C=O) groups is 2. The van der Waals surface area contributed by atoms with Crippen LogP contribution in [0.15, 0.2) is 42.5 Å². The van der Waals surface area contributed by atoms with E-state index >= 15 is 0 Å². The van der Waals surface area contributed by atoms with Crippen LogP contribution in [0, 0.1) is 0 Å². The summed E-state index contributed by atoms with van der Waals surface area (Å²) in [6.07, 6.45) is 0.964. The van der Waals surface area contributed by atoms with Crippen LogP contribution in [0.1, 0.15) is 54.8 Å². The predicted octanol–water partition coefficient (Wildman–Crippen LogP) is 2.60. The van der Waals surface area contributed by atoms with Crippen LogP contribution in [0.4, 0.5) is 11.4 Å². The Bertz CT molecular complexity index is 1100. The Morgan fingerprint density at radius 2 is 1.88 bits per heavy atom. The molecule has 0 spiro atoms. The third-order valence-corrected chi connectivity index (χ3v) is 7.27. The molecule has 0 bridgehead atoms. The molecule has 3 aliphatic rings. The number of benzene rings is 2. The summed E-state index contributed by atoms with van der Waals surface area (Å²) in [6.45, 7) is 10.4. The highest BCUT2D eigenvalue weighted by atomic mass is 16.7. The van der Waals surface area contributed by atoms with Crippen LogP contribution < -0.4 is 21.0 Å². The van der Waals surface area contributed by atoms with Crippen LogP contribution >= 0.6 is 0 Å². The van der Waals surface area contributed by atoms with Crippen LogP contribution in [0.3, 0.4) is 0 Å². The van der Waals surface area contributed by atoms with E-state index in [2.05, 4.69) is 15.5 Å². The highest BCUT2D eigenvalue weighted by Crippen LogP contribution is 2.37. The van der Waals surface area contributed by atoms with Crippen molar-refractivity contribution in [1.29, 1.82) is 0 Å². The van der Waals surface area contributed by atoms with E-state index in [1.807, 2.05) is 58.0 Å². The Morgan fingerprint density at radius 3 is 2.64 bits per heavy atom. The zero-order chi connectivity index (χ0) is 23.4. The van der Waals surface area contributed by atoms with Gasteiger partial charge in [0.05, 0.1) is 11.2 Å². The Hall–Kier alpha value is -2.68. The van der Waals surface area contributed by atoms with Gasteiger partial charge in [0.2, 0.25) is 0 Å². The zero-order valence-electron chi connectivity index (χ0n) is 19.6. The highest BCUT2D eigenvalue weighted by Gasteiger charge is 2.51. The summed E-state index contributed by atoms with van der Waals surface area (Å²) in [7, 11) is -0.494. The SMILES string of the molecule is CC1(C)OB(c2cccc(NC(=O)c3ccc4c(c3)N3CCCNCC3C4=O)c2)OC1(C)C. The number of anilines is 2. The average molecular weight is 447 g/mol. The molecule has 0 aliphatic carbocycles. The molecule has 2 saturated heterocycles. The topological polar surface area (TPSA) is 79.9 Å². The van der Waals surface area contributed by atoms with E-state index in [-0.39, 0.29) is 17.7 Å². The van der Waals surface area contributed by atoms with Crippen LogP contribution in [0.2, 0.25) is 0 Å². The maximum absolute atomic E-state index is 13.1. The summed E-state index contributed by atoms with van der Waals surface area (Å²) in [4.78, 5) is 28.0. The molecule has 0 radical (unpaired) electrons. The van der Waals surface area contributed by atoms with E-state index in [9.17, 15) is 9.59 Å². The first-order valence-electron chi connectivity index (χ1n) is 11.6. The molecule has 3 aliphatic heterocycles. The van der Waals surface area contributed by atoms with Gasteiger partial charge in [0.1, 0.15) is 6.04 Å². The molecular weight excluding hydrogens is 417 g/mol. The van der Waals surface area contributed by atoms with Crippen LogP contribution in [0.25, 0.3) is 0 Å². The van der Waals surface area contributed by atoms with E-state index in [0.717, 1.165) is 30.7 Å². The van der Waals surface area contributed by atoms with E-state index in [1.165, 1.54) is 0 Å². The van der Waals surface area contributed by atoms with Crippen molar-refractivity contribution in [1.82, 2.24) is 5.32 Å². The van der Waals surface area contributed by atoms with E-state index < -0.39 is 18.3 Å². The number of nitrogens with one attached hydrogen (secondary N) is 2. The molecule has 0 saturated carbocycles.